The number of benzene rings is 1. The van der Waals surface area contributed by atoms with E-state index >= 15 is 0 Å². The maximum absolute atomic E-state index is 11.0. The molecule has 1 aromatic heterocycles. The van der Waals surface area contributed by atoms with Gasteiger partial charge in [0.2, 0.25) is 10.0 Å². The van der Waals surface area contributed by atoms with Crippen LogP contribution in [0.15, 0.2) is 24.4 Å². The topological polar surface area (TPSA) is 79.0 Å². The summed E-state index contributed by atoms with van der Waals surface area (Å²) in [4.78, 5) is 13.6. The number of H-pyrrole nitrogens is 1. The fraction of sp³-hybridized carbons (Fsp3) is 0.100. The number of fused-ring (bicyclic) bond motifs is 1. The number of rotatable bonds is 3. The Bertz CT molecular complexity index is 643. The molecule has 1 aromatic carbocycles. The first-order chi connectivity index (χ1) is 7.49. The van der Waals surface area contributed by atoms with Crippen molar-refractivity contribution in [2.45, 2.75) is 0 Å². The number of carbonyl (C=O) groups is 1. The third kappa shape index (κ3) is 2.06. The van der Waals surface area contributed by atoms with Gasteiger partial charge in [0, 0.05) is 28.4 Å². The standard InChI is InChI=1S/C10H10N2O3S/c1-16(14,15)12-8-2-3-10-9(4-8)7(6-13)5-11-10/h2-6,11-12H,1H3. The first-order valence-electron chi connectivity index (χ1n) is 4.54. The summed E-state index contributed by atoms with van der Waals surface area (Å²) in [5, 5.41) is 0.698. The van der Waals surface area contributed by atoms with Crippen LogP contribution in [-0.4, -0.2) is 25.9 Å². The Morgan fingerprint density at radius 2 is 2.12 bits per heavy atom. The maximum Gasteiger partial charge on any atom is 0.229 e. The van der Waals surface area contributed by atoms with Gasteiger partial charge in [0.05, 0.1) is 6.26 Å². The highest BCUT2D eigenvalue weighted by Gasteiger charge is 2.06. The van der Waals surface area contributed by atoms with Crippen LogP contribution in [0.3, 0.4) is 0 Å². The van der Waals surface area contributed by atoms with Gasteiger partial charge >= 0.3 is 0 Å². The van der Waals surface area contributed by atoms with Crippen molar-refractivity contribution in [1.82, 2.24) is 4.98 Å². The Labute approximate surface area is 92.5 Å². The van der Waals surface area contributed by atoms with Crippen LogP contribution in [0.2, 0.25) is 0 Å². The molecule has 0 aliphatic carbocycles. The molecule has 0 aliphatic heterocycles. The molecule has 2 aromatic rings. The van der Waals surface area contributed by atoms with Gasteiger partial charge in [0.1, 0.15) is 0 Å². The molecule has 0 bridgehead atoms. The molecule has 0 amide bonds. The number of nitrogens with one attached hydrogen (secondary N) is 2. The van der Waals surface area contributed by atoms with E-state index in [1.165, 1.54) is 0 Å². The number of carbonyl (C=O) groups excluding carboxylic acids is 1. The van der Waals surface area contributed by atoms with Crippen molar-refractivity contribution < 1.29 is 13.2 Å². The van der Waals surface area contributed by atoms with Crippen molar-refractivity contribution in [3.8, 4) is 0 Å². The third-order valence-electron chi connectivity index (χ3n) is 2.14. The molecule has 0 unspecified atom stereocenters. The molecule has 0 fully saturated rings. The summed E-state index contributed by atoms with van der Waals surface area (Å²) in [6.45, 7) is 0. The quantitative estimate of drug-likeness (QED) is 0.792. The second-order valence-corrected chi connectivity index (χ2v) is 5.24. The minimum atomic E-state index is -3.30. The lowest BCUT2D eigenvalue weighted by atomic mass is 10.2. The van der Waals surface area contributed by atoms with E-state index in [-0.39, 0.29) is 0 Å². The number of aldehydes is 1. The average molecular weight is 238 g/mol. The molecular weight excluding hydrogens is 228 g/mol. The van der Waals surface area contributed by atoms with Gasteiger partial charge < -0.3 is 4.98 Å². The average Bonchev–Trinajstić information content (AvgIpc) is 2.57. The highest BCUT2D eigenvalue weighted by Crippen LogP contribution is 2.21. The van der Waals surface area contributed by atoms with E-state index in [4.69, 9.17) is 0 Å². The molecule has 0 radical (unpaired) electrons. The molecule has 84 valence electrons. The van der Waals surface area contributed by atoms with E-state index in [0.717, 1.165) is 18.1 Å². The van der Waals surface area contributed by atoms with Crippen LogP contribution in [0.25, 0.3) is 10.9 Å². The molecule has 6 heteroatoms. The van der Waals surface area contributed by atoms with Gasteiger partial charge in [-0.15, -0.1) is 0 Å². The lowest BCUT2D eigenvalue weighted by Crippen LogP contribution is -2.09. The summed E-state index contributed by atoms with van der Waals surface area (Å²) in [6, 6.07) is 4.97. The zero-order chi connectivity index (χ0) is 11.8. The van der Waals surface area contributed by atoms with Crippen LogP contribution in [-0.2, 0) is 10.0 Å². The van der Waals surface area contributed by atoms with Crippen molar-refractivity contribution >= 4 is 32.9 Å². The summed E-state index contributed by atoms with van der Waals surface area (Å²) >= 11 is 0. The van der Waals surface area contributed by atoms with Crippen LogP contribution < -0.4 is 4.72 Å². The fourth-order valence-electron chi connectivity index (χ4n) is 1.52. The number of sulfonamides is 1. The molecule has 0 atom stereocenters. The zero-order valence-corrected chi connectivity index (χ0v) is 9.34. The van der Waals surface area contributed by atoms with Gasteiger partial charge in [-0.05, 0) is 18.2 Å². The van der Waals surface area contributed by atoms with E-state index in [0.29, 0.717) is 16.6 Å². The molecule has 5 nitrogen and oxygen atoms in total. The van der Waals surface area contributed by atoms with E-state index in [2.05, 4.69) is 9.71 Å². The monoisotopic (exact) mass is 238 g/mol. The summed E-state index contributed by atoms with van der Waals surface area (Å²) in [7, 11) is -3.30. The summed E-state index contributed by atoms with van der Waals surface area (Å²) < 4.78 is 24.4. The Morgan fingerprint density at radius 3 is 2.75 bits per heavy atom. The van der Waals surface area contributed by atoms with Crippen molar-refractivity contribution in [3.63, 3.8) is 0 Å². The van der Waals surface area contributed by atoms with E-state index in [9.17, 15) is 13.2 Å². The normalized spacial score (nSPS) is 11.6. The second-order valence-electron chi connectivity index (χ2n) is 3.50. The predicted molar refractivity (Wildman–Crippen MR) is 62.2 cm³/mol. The smallest absolute Gasteiger partial charge is 0.229 e. The van der Waals surface area contributed by atoms with Crippen LogP contribution in [0.1, 0.15) is 10.4 Å². The van der Waals surface area contributed by atoms with Gasteiger partial charge in [-0.1, -0.05) is 0 Å². The fourth-order valence-corrected chi connectivity index (χ4v) is 2.07. The molecule has 0 spiro atoms. The number of aromatic nitrogens is 1. The number of aromatic amines is 1. The molecule has 16 heavy (non-hydrogen) atoms. The van der Waals surface area contributed by atoms with Crippen molar-refractivity contribution in [2.75, 3.05) is 11.0 Å². The van der Waals surface area contributed by atoms with Gasteiger partial charge in [-0.2, -0.15) is 0 Å². The van der Waals surface area contributed by atoms with Crippen molar-refractivity contribution in [2.24, 2.45) is 0 Å². The minimum Gasteiger partial charge on any atom is -0.360 e. The van der Waals surface area contributed by atoms with E-state index in [1.54, 1.807) is 24.4 Å². The maximum atomic E-state index is 11.0. The molecule has 0 saturated carbocycles. The molecule has 2 N–H and O–H groups in total. The third-order valence-corrected chi connectivity index (χ3v) is 2.75. The van der Waals surface area contributed by atoms with Crippen LogP contribution in [0.4, 0.5) is 5.69 Å². The Kier molecular flexibility index (Phi) is 2.43. The molecule has 0 aliphatic rings. The van der Waals surface area contributed by atoms with Crippen LogP contribution in [0, 0.1) is 0 Å². The lowest BCUT2D eigenvalue weighted by molar-refractivity contribution is 0.112. The van der Waals surface area contributed by atoms with E-state index < -0.39 is 10.0 Å². The summed E-state index contributed by atoms with van der Waals surface area (Å²) in [5.41, 5.74) is 1.74. The Morgan fingerprint density at radius 1 is 1.38 bits per heavy atom. The van der Waals surface area contributed by atoms with Gasteiger partial charge in [-0.3, -0.25) is 9.52 Å². The van der Waals surface area contributed by atoms with E-state index in [1.807, 2.05) is 0 Å². The summed E-state index contributed by atoms with van der Waals surface area (Å²) in [6.07, 6.45) is 3.39. The number of anilines is 1. The Balaban J connectivity index is 2.53. The van der Waals surface area contributed by atoms with Gasteiger partial charge in [0.25, 0.3) is 0 Å². The summed E-state index contributed by atoms with van der Waals surface area (Å²) in [5.74, 6) is 0. The lowest BCUT2D eigenvalue weighted by Gasteiger charge is -2.03. The van der Waals surface area contributed by atoms with Crippen LogP contribution in [0.5, 0.6) is 0 Å². The molecule has 2 rings (SSSR count). The molecule has 1 heterocycles. The zero-order valence-electron chi connectivity index (χ0n) is 8.52. The van der Waals surface area contributed by atoms with Crippen LogP contribution >= 0.6 is 0 Å². The largest absolute Gasteiger partial charge is 0.360 e. The molecule has 0 saturated heterocycles. The highest BCUT2D eigenvalue weighted by atomic mass is 32.2. The van der Waals surface area contributed by atoms with Crippen molar-refractivity contribution in [1.29, 1.82) is 0 Å². The first-order valence-corrected chi connectivity index (χ1v) is 6.43. The SMILES string of the molecule is CS(=O)(=O)Nc1ccc2[nH]cc(C=O)c2c1. The molecular formula is C10H10N2O3S. The van der Waals surface area contributed by atoms with Gasteiger partial charge in [0.15, 0.2) is 6.29 Å². The Hall–Kier alpha value is -1.82. The predicted octanol–water partition coefficient (Wildman–Crippen LogP) is 1.35. The number of hydrogen-bond acceptors (Lipinski definition) is 3. The number of hydrogen-bond donors (Lipinski definition) is 2. The van der Waals surface area contributed by atoms with Gasteiger partial charge in [-0.25, -0.2) is 8.42 Å². The van der Waals surface area contributed by atoms with Crippen molar-refractivity contribution in [3.05, 3.63) is 30.0 Å². The second kappa shape index (κ2) is 3.64. The first kappa shape index (κ1) is 10.7. The minimum absolute atomic E-state index is 0.442. The highest BCUT2D eigenvalue weighted by molar-refractivity contribution is 7.92.